The molecule has 1 aromatic heterocycles. The summed E-state index contributed by atoms with van der Waals surface area (Å²) in [6, 6.07) is 6.25. The lowest BCUT2D eigenvalue weighted by atomic mass is 9.85. The molecule has 1 unspecified atom stereocenters. The minimum atomic E-state index is 0.130. The molecular weight excluding hydrogens is 210 g/mol. The van der Waals surface area contributed by atoms with Gasteiger partial charge in [0.2, 0.25) is 0 Å². The third-order valence-electron chi connectivity index (χ3n) is 3.42. The third kappa shape index (κ3) is 4.44. The maximum atomic E-state index is 6.02. The van der Waals surface area contributed by atoms with E-state index in [0.717, 1.165) is 25.3 Å². The molecule has 0 saturated heterocycles. The monoisotopic (exact) mass is 235 g/mol. The second kappa shape index (κ2) is 6.12. The van der Waals surface area contributed by atoms with Crippen molar-refractivity contribution < 1.29 is 0 Å². The van der Waals surface area contributed by atoms with Crippen molar-refractivity contribution in [1.29, 1.82) is 0 Å². The van der Waals surface area contributed by atoms with Gasteiger partial charge in [0, 0.05) is 25.3 Å². The highest BCUT2D eigenvalue weighted by Gasteiger charge is 2.25. The van der Waals surface area contributed by atoms with Crippen molar-refractivity contribution in [3.8, 4) is 0 Å². The van der Waals surface area contributed by atoms with Crippen LogP contribution in [0.5, 0.6) is 0 Å². The van der Waals surface area contributed by atoms with Crippen molar-refractivity contribution in [3.63, 3.8) is 0 Å². The van der Waals surface area contributed by atoms with Gasteiger partial charge in [-0.2, -0.15) is 0 Å². The van der Waals surface area contributed by atoms with E-state index in [1.54, 1.807) is 0 Å². The van der Waals surface area contributed by atoms with Crippen molar-refractivity contribution in [3.05, 3.63) is 30.1 Å². The summed E-state index contributed by atoms with van der Waals surface area (Å²) in [5, 5.41) is 0. The summed E-state index contributed by atoms with van der Waals surface area (Å²) in [4.78, 5) is 6.76. The molecule has 96 valence electrons. The Morgan fingerprint density at radius 1 is 1.41 bits per heavy atom. The summed E-state index contributed by atoms with van der Waals surface area (Å²) in [7, 11) is 0. The van der Waals surface area contributed by atoms with Crippen LogP contribution in [0.25, 0.3) is 0 Å². The third-order valence-corrected chi connectivity index (χ3v) is 3.42. The first-order valence-corrected chi connectivity index (χ1v) is 6.33. The Hall–Kier alpha value is -0.930. The Morgan fingerprint density at radius 3 is 2.59 bits per heavy atom. The molecular formula is C14H25N3. The zero-order valence-corrected chi connectivity index (χ0v) is 11.5. The normalized spacial score (nSPS) is 14.0. The molecule has 1 heterocycles. The van der Waals surface area contributed by atoms with E-state index in [2.05, 4.69) is 43.6 Å². The topological polar surface area (TPSA) is 42.2 Å². The van der Waals surface area contributed by atoms with E-state index in [0.29, 0.717) is 0 Å². The van der Waals surface area contributed by atoms with E-state index >= 15 is 0 Å². The van der Waals surface area contributed by atoms with Gasteiger partial charge in [0.25, 0.3) is 0 Å². The summed E-state index contributed by atoms with van der Waals surface area (Å²) >= 11 is 0. The quantitative estimate of drug-likeness (QED) is 0.822. The molecule has 0 spiro atoms. The fraction of sp³-hybridized carbons (Fsp3) is 0.643. The fourth-order valence-electron chi connectivity index (χ4n) is 1.72. The maximum absolute atomic E-state index is 6.02. The van der Waals surface area contributed by atoms with Crippen molar-refractivity contribution in [2.75, 3.05) is 13.1 Å². The maximum Gasteiger partial charge on any atom is 0.0543 e. The van der Waals surface area contributed by atoms with E-state index in [4.69, 9.17) is 5.73 Å². The van der Waals surface area contributed by atoms with Crippen molar-refractivity contribution in [1.82, 2.24) is 9.88 Å². The second-order valence-corrected chi connectivity index (χ2v) is 5.40. The molecule has 17 heavy (non-hydrogen) atoms. The van der Waals surface area contributed by atoms with Gasteiger partial charge in [-0.1, -0.05) is 26.8 Å². The van der Waals surface area contributed by atoms with Crippen molar-refractivity contribution in [2.24, 2.45) is 11.1 Å². The first kappa shape index (κ1) is 14.1. The van der Waals surface area contributed by atoms with Gasteiger partial charge in [-0.3, -0.25) is 9.88 Å². The predicted molar refractivity (Wildman–Crippen MR) is 72.6 cm³/mol. The van der Waals surface area contributed by atoms with Gasteiger partial charge in [0.05, 0.1) is 5.69 Å². The Morgan fingerprint density at radius 2 is 2.12 bits per heavy atom. The second-order valence-electron chi connectivity index (χ2n) is 5.40. The molecule has 0 aliphatic rings. The van der Waals surface area contributed by atoms with Crippen LogP contribution in [0.3, 0.4) is 0 Å². The van der Waals surface area contributed by atoms with Crippen LogP contribution in [0.1, 0.15) is 33.4 Å². The number of hydrogen-bond donors (Lipinski definition) is 1. The van der Waals surface area contributed by atoms with Gasteiger partial charge in [0.15, 0.2) is 0 Å². The standard InChI is InChI=1S/C14H25N3/c1-5-17(11-14(3,4)12(2)15)10-13-8-6-7-9-16-13/h6-9,12H,5,10-11,15H2,1-4H3. The zero-order valence-electron chi connectivity index (χ0n) is 11.5. The number of nitrogens with two attached hydrogens (primary N) is 1. The molecule has 0 radical (unpaired) electrons. The molecule has 3 nitrogen and oxygen atoms in total. The number of rotatable bonds is 6. The molecule has 0 fully saturated rings. The summed E-state index contributed by atoms with van der Waals surface area (Å²) < 4.78 is 0. The Kier molecular flexibility index (Phi) is 5.09. The molecule has 0 amide bonds. The fourth-order valence-corrected chi connectivity index (χ4v) is 1.72. The molecule has 0 aromatic carbocycles. The smallest absolute Gasteiger partial charge is 0.0543 e. The molecule has 1 atom stereocenters. The van der Waals surface area contributed by atoms with Gasteiger partial charge >= 0.3 is 0 Å². The SMILES string of the molecule is CCN(Cc1ccccn1)CC(C)(C)C(C)N. The minimum absolute atomic E-state index is 0.130. The molecule has 0 aliphatic heterocycles. The van der Waals surface area contributed by atoms with Crippen LogP contribution in [0.2, 0.25) is 0 Å². The first-order valence-electron chi connectivity index (χ1n) is 6.33. The minimum Gasteiger partial charge on any atom is -0.327 e. The average molecular weight is 235 g/mol. The van der Waals surface area contributed by atoms with Crippen LogP contribution >= 0.6 is 0 Å². The van der Waals surface area contributed by atoms with Crippen LogP contribution in [-0.2, 0) is 6.54 Å². The summed E-state index contributed by atoms with van der Waals surface area (Å²) in [5.74, 6) is 0. The molecule has 0 saturated carbocycles. The van der Waals surface area contributed by atoms with Gasteiger partial charge in [-0.05, 0) is 31.0 Å². The molecule has 0 bridgehead atoms. The van der Waals surface area contributed by atoms with Gasteiger partial charge in [-0.25, -0.2) is 0 Å². The average Bonchev–Trinajstić information content (AvgIpc) is 2.29. The van der Waals surface area contributed by atoms with Gasteiger partial charge in [-0.15, -0.1) is 0 Å². The summed E-state index contributed by atoms with van der Waals surface area (Å²) in [6.07, 6.45) is 1.85. The number of hydrogen-bond acceptors (Lipinski definition) is 3. The van der Waals surface area contributed by atoms with Gasteiger partial charge < -0.3 is 5.73 Å². The summed E-state index contributed by atoms with van der Waals surface area (Å²) in [6.45, 7) is 11.6. The highest BCUT2D eigenvalue weighted by atomic mass is 15.1. The first-order chi connectivity index (χ1) is 7.95. The predicted octanol–water partition coefficient (Wildman–Crippen LogP) is 2.28. The highest BCUT2D eigenvalue weighted by Crippen LogP contribution is 2.21. The van der Waals surface area contributed by atoms with E-state index < -0.39 is 0 Å². The van der Waals surface area contributed by atoms with E-state index in [9.17, 15) is 0 Å². The molecule has 3 heteroatoms. The molecule has 1 aromatic rings. The van der Waals surface area contributed by atoms with Crippen LogP contribution in [-0.4, -0.2) is 29.0 Å². The van der Waals surface area contributed by atoms with Crippen molar-refractivity contribution >= 4 is 0 Å². The van der Waals surface area contributed by atoms with Gasteiger partial charge in [0.1, 0.15) is 0 Å². The largest absolute Gasteiger partial charge is 0.327 e. The molecule has 2 N–H and O–H groups in total. The number of aromatic nitrogens is 1. The van der Waals surface area contributed by atoms with E-state index in [1.807, 2.05) is 18.3 Å². The Balaban J connectivity index is 2.61. The van der Waals surface area contributed by atoms with Crippen LogP contribution < -0.4 is 5.73 Å². The van der Waals surface area contributed by atoms with Crippen LogP contribution in [0.4, 0.5) is 0 Å². The van der Waals surface area contributed by atoms with Crippen LogP contribution in [0.15, 0.2) is 24.4 Å². The Bertz CT molecular complexity index is 319. The number of pyridine rings is 1. The molecule has 0 aliphatic carbocycles. The van der Waals surface area contributed by atoms with Crippen LogP contribution in [0, 0.1) is 5.41 Å². The van der Waals surface area contributed by atoms with E-state index in [-0.39, 0.29) is 11.5 Å². The highest BCUT2D eigenvalue weighted by molar-refractivity contribution is 5.03. The number of nitrogens with zero attached hydrogens (tertiary/aromatic N) is 2. The van der Waals surface area contributed by atoms with E-state index in [1.165, 1.54) is 0 Å². The Labute approximate surface area is 105 Å². The lowest BCUT2D eigenvalue weighted by Crippen LogP contribution is -2.44. The lowest BCUT2D eigenvalue weighted by Gasteiger charge is -2.34. The summed E-state index contributed by atoms with van der Waals surface area (Å²) in [5.41, 5.74) is 7.27. The molecule has 1 rings (SSSR count). The zero-order chi connectivity index (χ0) is 12.9. The van der Waals surface area contributed by atoms with Crippen molar-refractivity contribution in [2.45, 2.75) is 40.3 Å². The lowest BCUT2D eigenvalue weighted by molar-refractivity contribution is 0.156.